The van der Waals surface area contributed by atoms with Gasteiger partial charge < -0.3 is 35.6 Å². The molecule has 41 heavy (non-hydrogen) atoms. The Hall–Kier alpha value is -3.86. The number of aliphatic hydroxyl groups is 1. The molecule has 0 aromatic heterocycles. The van der Waals surface area contributed by atoms with Gasteiger partial charge in [-0.1, -0.05) is 26.2 Å². The minimum absolute atomic E-state index is 0.148. The van der Waals surface area contributed by atoms with Gasteiger partial charge in [-0.3, -0.25) is 4.79 Å². The number of nitrogens with zero attached hydrogens (tertiary/aromatic N) is 2. The molecule has 2 aromatic carbocycles. The summed E-state index contributed by atoms with van der Waals surface area (Å²) >= 11 is 0. The van der Waals surface area contributed by atoms with Gasteiger partial charge in [0.1, 0.15) is 17.7 Å². The molecule has 0 spiro atoms. The highest BCUT2D eigenvalue weighted by atomic mass is 19.1. The average Bonchev–Trinajstić information content (AvgIpc) is 2.96. The lowest BCUT2D eigenvalue weighted by Gasteiger charge is -2.38. The lowest BCUT2D eigenvalue weighted by atomic mass is 9.96. The number of urea groups is 2. The van der Waals surface area contributed by atoms with Gasteiger partial charge >= 0.3 is 12.1 Å². The fourth-order valence-electron chi connectivity index (χ4n) is 5.23. The number of hydrogen-bond donors (Lipinski definition) is 4. The molecule has 2 aliphatic rings. The number of carbonyl (C=O) groups excluding carboxylic acids is 3. The zero-order valence-corrected chi connectivity index (χ0v) is 23.9. The normalized spacial score (nSPS) is 20.1. The van der Waals surface area contributed by atoms with E-state index in [1.807, 2.05) is 6.92 Å². The SMILES string of the molecule is C[C@H]1CN([C@@H](C)CO)C(=O)c2cc(NC(=O)Nc3ccc(F)cc3)ccc2O[C@@H]1CN(C)C(=O)NC1CCCCC1. The standard InChI is InChI=1S/C30H40FN5O5/c1-19-16-36(20(2)18-37)28(38)25-15-24(33-29(39)32-23-11-9-21(31)10-12-23)13-14-26(25)41-27(19)17-35(3)30(40)34-22-7-5-4-6-8-22/h9-15,19-20,22,27,37H,4-8,16-18H2,1-3H3,(H,34,40)(H2,32,33,39)/t19-,20-,27+/m0/s1. The maximum absolute atomic E-state index is 13.7. The number of fused-ring (bicyclic) bond motifs is 1. The third-order valence-electron chi connectivity index (χ3n) is 7.76. The van der Waals surface area contributed by atoms with Gasteiger partial charge in [0.05, 0.1) is 24.8 Å². The van der Waals surface area contributed by atoms with E-state index in [1.54, 1.807) is 35.9 Å². The third-order valence-corrected chi connectivity index (χ3v) is 7.76. The minimum Gasteiger partial charge on any atom is -0.487 e. The van der Waals surface area contributed by atoms with Crippen molar-refractivity contribution in [2.45, 2.75) is 64.1 Å². The number of nitrogens with one attached hydrogen (secondary N) is 3. The van der Waals surface area contributed by atoms with E-state index in [2.05, 4.69) is 16.0 Å². The van der Waals surface area contributed by atoms with E-state index >= 15 is 0 Å². The summed E-state index contributed by atoms with van der Waals surface area (Å²) in [6, 6.07) is 9.14. The average molecular weight is 570 g/mol. The largest absolute Gasteiger partial charge is 0.487 e. The van der Waals surface area contributed by atoms with Gasteiger partial charge in [-0.05, 0) is 62.2 Å². The van der Waals surface area contributed by atoms with E-state index in [9.17, 15) is 23.9 Å². The molecule has 1 heterocycles. The van der Waals surface area contributed by atoms with Gasteiger partial charge in [0.2, 0.25) is 0 Å². The Morgan fingerprint density at radius 1 is 1.10 bits per heavy atom. The highest BCUT2D eigenvalue weighted by Gasteiger charge is 2.34. The lowest BCUT2D eigenvalue weighted by molar-refractivity contribution is 0.0366. The number of carbonyl (C=O) groups is 3. The van der Waals surface area contributed by atoms with Crippen molar-refractivity contribution in [3.05, 3.63) is 53.8 Å². The predicted molar refractivity (Wildman–Crippen MR) is 155 cm³/mol. The van der Waals surface area contributed by atoms with Crippen LogP contribution in [-0.2, 0) is 0 Å². The lowest BCUT2D eigenvalue weighted by Crippen LogP contribution is -2.52. The van der Waals surface area contributed by atoms with Crippen LogP contribution in [0.3, 0.4) is 0 Å². The molecule has 1 fully saturated rings. The van der Waals surface area contributed by atoms with Crippen molar-refractivity contribution in [1.29, 1.82) is 0 Å². The monoisotopic (exact) mass is 569 g/mol. The van der Waals surface area contributed by atoms with Crippen molar-refractivity contribution in [3.8, 4) is 5.75 Å². The smallest absolute Gasteiger partial charge is 0.323 e. The third kappa shape index (κ3) is 7.87. The second-order valence-electron chi connectivity index (χ2n) is 11.1. The first-order valence-corrected chi connectivity index (χ1v) is 14.2. The molecule has 10 nitrogen and oxygen atoms in total. The summed E-state index contributed by atoms with van der Waals surface area (Å²) < 4.78 is 19.5. The van der Waals surface area contributed by atoms with E-state index in [-0.39, 0.29) is 36.1 Å². The first-order chi connectivity index (χ1) is 19.6. The molecule has 4 rings (SSSR count). The van der Waals surface area contributed by atoms with Crippen LogP contribution < -0.4 is 20.7 Å². The first-order valence-electron chi connectivity index (χ1n) is 14.2. The zero-order valence-electron chi connectivity index (χ0n) is 23.9. The number of amides is 5. The summed E-state index contributed by atoms with van der Waals surface area (Å²) in [4.78, 5) is 42.4. The van der Waals surface area contributed by atoms with Crippen LogP contribution in [0.15, 0.2) is 42.5 Å². The van der Waals surface area contributed by atoms with Crippen LogP contribution in [0.2, 0.25) is 0 Å². The van der Waals surface area contributed by atoms with Gasteiger partial charge in [0.25, 0.3) is 5.91 Å². The Labute approximate surface area is 240 Å². The van der Waals surface area contributed by atoms with Crippen LogP contribution in [0.1, 0.15) is 56.3 Å². The number of likely N-dealkylation sites (N-methyl/N-ethyl adjacent to an activating group) is 1. The molecule has 0 bridgehead atoms. The number of rotatable bonds is 7. The minimum atomic E-state index is -0.562. The van der Waals surface area contributed by atoms with Crippen molar-refractivity contribution in [3.63, 3.8) is 0 Å². The Balaban J connectivity index is 1.52. The fourth-order valence-corrected chi connectivity index (χ4v) is 5.23. The molecule has 1 aliphatic carbocycles. The summed E-state index contributed by atoms with van der Waals surface area (Å²) in [6.07, 6.45) is 4.97. The number of ether oxygens (including phenoxy) is 1. The van der Waals surface area contributed by atoms with E-state index in [4.69, 9.17) is 4.74 Å². The van der Waals surface area contributed by atoms with Crippen LogP contribution in [0, 0.1) is 11.7 Å². The number of halogens is 1. The van der Waals surface area contributed by atoms with Crippen LogP contribution in [0.5, 0.6) is 5.75 Å². The summed E-state index contributed by atoms with van der Waals surface area (Å²) in [5.41, 5.74) is 0.994. The van der Waals surface area contributed by atoms with Gasteiger partial charge in [0, 0.05) is 36.9 Å². The quantitative estimate of drug-likeness (QED) is 0.386. The van der Waals surface area contributed by atoms with Gasteiger partial charge in [-0.2, -0.15) is 0 Å². The van der Waals surface area contributed by atoms with E-state index in [1.165, 1.54) is 36.8 Å². The first kappa shape index (κ1) is 30.1. The number of hydrogen-bond acceptors (Lipinski definition) is 5. The van der Waals surface area contributed by atoms with E-state index in [0.29, 0.717) is 30.2 Å². The van der Waals surface area contributed by atoms with Crippen molar-refractivity contribution < 1.29 is 28.6 Å². The Kier molecular flexibility index (Phi) is 10.0. The number of aliphatic hydroxyl groups excluding tert-OH is 1. The molecule has 5 amide bonds. The predicted octanol–water partition coefficient (Wildman–Crippen LogP) is 4.66. The number of anilines is 2. The molecule has 222 valence electrons. The number of benzene rings is 2. The Bertz CT molecular complexity index is 1220. The van der Waals surface area contributed by atoms with Crippen LogP contribution in [0.4, 0.5) is 25.4 Å². The summed E-state index contributed by atoms with van der Waals surface area (Å²) in [5.74, 6) is -0.572. The molecule has 4 N–H and O–H groups in total. The second kappa shape index (κ2) is 13.7. The molecule has 0 saturated heterocycles. The Morgan fingerprint density at radius 2 is 1.76 bits per heavy atom. The second-order valence-corrected chi connectivity index (χ2v) is 11.1. The van der Waals surface area contributed by atoms with Crippen LogP contribution in [0.25, 0.3) is 0 Å². The molecule has 1 saturated carbocycles. The fraction of sp³-hybridized carbons (Fsp3) is 0.500. The summed E-state index contributed by atoms with van der Waals surface area (Å²) in [7, 11) is 1.74. The van der Waals surface area contributed by atoms with Crippen LogP contribution in [-0.4, -0.2) is 77.8 Å². The van der Waals surface area contributed by atoms with Crippen molar-refractivity contribution >= 4 is 29.3 Å². The van der Waals surface area contributed by atoms with E-state index < -0.39 is 24.0 Å². The van der Waals surface area contributed by atoms with Crippen molar-refractivity contribution in [2.24, 2.45) is 5.92 Å². The van der Waals surface area contributed by atoms with Crippen molar-refractivity contribution in [1.82, 2.24) is 15.1 Å². The molecule has 11 heteroatoms. The molecular formula is C30H40FN5O5. The molecule has 0 unspecified atom stereocenters. The highest BCUT2D eigenvalue weighted by Crippen LogP contribution is 2.31. The topological polar surface area (TPSA) is 123 Å². The highest BCUT2D eigenvalue weighted by molar-refractivity contribution is 6.02. The molecule has 3 atom stereocenters. The maximum Gasteiger partial charge on any atom is 0.323 e. The molecule has 1 aliphatic heterocycles. The van der Waals surface area contributed by atoms with Gasteiger partial charge in [0.15, 0.2) is 0 Å². The summed E-state index contributed by atoms with van der Waals surface area (Å²) in [5, 5.41) is 18.3. The summed E-state index contributed by atoms with van der Waals surface area (Å²) in [6.45, 7) is 4.12. The molecular weight excluding hydrogens is 529 g/mol. The van der Waals surface area contributed by atoms with Gasteiger partial charge in [-0.25, -0.2) is 14.0 Å². The van der Waals surface area contributed by atoms with Crippen LogP contribution >= 0.6 is 0 Å². The molecule has 2 aromatic rings. The maximum atomic E-state index is 13.7. The molecule has 0 radical (unpaired) electrons. The van der Waals surface area contributed by atoms with Crippen molar-refractivity contribution in [2.75, 3.05) is 37.4 Å². The van der Waals surface area contributed by atoms with Gasteiger partial charge in [-0.15, -0.1) is 0 Å². The Morgan fingerprint density at radius 3 is 2.44 bits per heavy atom. The van der Waals surface area contributed by atoms with E-state index in [0.717, 1.165) is 25.7 Å². The zero-order chi connectivity index (χ0) is 29.5.